The van der Waals surface area contributed by atoms with Gasteiger partial charge in [0.15, 0.2) is 0 Å². The zero-order chi connectivity index (χ0) is 15.9. The van der Waals surface area contributed by atoms with Crippen molar-refractivity contribution in [3.8, 4) is 17.6 Å². The number of benzene rings is 2. The van der Waals surface area contributed by atoms with Crippen LogP contribution in [-0.4, -0.2) is 12.6 Å². The molecule has 0 spiro atoms. The van der Waals surface area contributed by atoms with Gasteiger partial charge in [0.25, 0.3) is 0 Å². The Balaban J connectivity index is 2.07. The maximum Gasteiger partial charge on any atom is 0.343 e. The molecule has 0 amide bonds. The second-order valence-corrected chi connectivity index (χ2v) is 4.27. The monoisotopic (exact) mass is 297 g/mol. The lowest BCUT2D eigenvalue weighted by Gasteiger charge is -2.06. The number of carbonyl (C=O) groups excluding carboxylic acids is 1. The first-order chi connectivity index (χ1) is 10.6. The molecule has 22 heavy (non-hydrogen) atoms. The van der Waals surface area contributed by atoms with Gasteiger partial charge in [0.1, 0.15) is 30.0 Å². The van der Waals surface area contributed by atoms with Crippen LogP contribution in [0.1, 0.15) is 15.9 Å². The fraction of sp³-hybridized carbons (Fsp3) is 0.0588. The topological polar surface area (TPSA) is 59.3 Å². The highest BCUT2D eigenvalue weighted by Crippen LogP contribution is 2.18. The number of halogens is 1. The predicted molar refractivity (Wildman–Crippen MR) is 78.2 cm³/mol. The number of rotatable bonds is 5. The number of esters is 1. The van der Waals surface area contributed by atoms with E-state index in [2.05, 4.69) is 6.58 Å². The Hall–Kier alpha value is -3.13. The summed E-state index contributed by atoms with van der Waals surface area (Å²) in [4.78, 5) is 11.9. The first-order valence-electron chi connectivity index (χ1n) is 6.39. The van der Waals surface area contributed by atoms with Crippen LogP contribution in [0.15, 0.2) is 55.1 Å². The van der Waals surface area contributed by atoms with E-state index in [4.69, 9.17) is 14.7 Å². The second-order valence-electron chi connectivity index (χ2n) is 4.27. The zero-order valence-corrected chi connectivity index (χ0v) is 11.6. The second kappa shape index (κ2) is 7.04. The summed E-state index contributed by atoms with van der Waals surface area (Å²) in [6.07, 6.45) is 1.61. The molecular formula is C17H12FNO3. The minimum Gasteiger partial charge on any atom is -0.490 e. The fourth-order valence-electron chi connectivity index (χ4n) is 1.66. The summed E-state index contributed by atoms with van der Waals surface area (Å²) in [6, 6.07) is 11.6. The molecule has 2 aromatic rings. The smallest absolute Gasteiger partial charge is 0.343 e. The van der Waals surface area contributed by atoms with Crippen LogP contribution in [-0.2, 0) is 0 Å². The van der Waals surface area contributed by atoms with Gasteiger partial charge in [-0.1, -0.05) is 12.7 Å². The van der Waals surface area contributed by atoms with E-state index in [0.717, 1.165) is 6.07 Å². The lowest BCUT2D eigenvalue weighted by atomic mass is 10.2. The van der Waals surface area contributed by atoms with Gasteiger partial charge in [-0.3, -0.25) is 0 Å². The molecule has 0 aromatic heterocycles. The van der Waals surface area contributed by atoms with Crippen LogP contribution < -0.4 is 9.47 Å². The predicted octanol–water partition coefficient (Wildman–Crippen LogP) is 3.48. The van der Waals surface area contributed by atoms with E-state index in [1.807, 2.05) is 0 Å². The highest BCUT2D eigenvalue weighted by Gasteiger charge is 2.10. The molecule has 0 bridgehead atoms. The first kappa shape index (κ1) is 15.3. The van der Waals surface area contributed by atoms with Gasteiger partial charge >= 0.3 is 5.97 Å². The average molecular weight is 297 g/mol. The zero-order valence-electron chi connectivity index (χ0n) is 11.6. The van der Waals surface area contributed by atoms with Gasteiger partial charge in [-0.15, -0.1) is 0 Å². The third-order valence-electron chi connectivity index (χ3n) is 2.73. The van der Waals surface area contributed by atoms with Crippen molar-refractivity contribution in [3.63, 3.8) is 0 Å². The molecule has 0 N–H and O–H groups in total. The minimum atomic E-state index is -0.735. The number of ether oxygens (including phenoxy) is 2. The lowest BCUT2D eigenvalue weighted by molar-refractivity contribution is 0.0734. The average Bonchev–Trinajstić information content (AvgIpc) is 2.53. The van der Waals surface area contributed by atoms with E-state index in [9.17, 15) is 9.18 Å². The Morgan fingerprint density at radius 2 is 1.91 bits per heavy atom. The number of nitrogens with zero attached hydrogens (tertiary/aromatic N) is 1. The SMILES string of the molecule is C=CCOc1ccc(C(=O)Oc2ccc(C#N)c(F)c2)cc1. The van der Waals surface area contributed by atoms with Gasteiger partial charge in [-0.2, -0.15) is 5.26 Å². The molecule has 0 saturated carbocycles. The van der Waals surface area contributed by atoms with Crippen LogP contribution >= 0.6 is 0 Å². The highest BCUT2D eigenvalue weighted by atomic mass is 19.1. The van der Waals surface area contributed by atoms with Gasteiger partial charge in [-0.05, 0) is 36.4 Å². The third-order valence-corrected chi connectivity index (χ3v) is 2.73. The van der Waals surface area contributed by atoms with Crippen molar-refractivity contribution < 1.29 is 18.7 Å². The summed E-state index contributed by atoms with van der Waals surface area (Å²) in [6.45, 7) is 3.91. The van der Waals surface area contributed by atoms with Gasteiger partial charge in [0.2, 0.25) is 0 Å². The van der Waals surface area contributed by atoms with Crippen LogP contribution in [0.3, 0.4) is 0 Å². The molecular weight excluding hydrogens is 285 g/mol. The van der Waals surface area contributed by atoms with Crippen LogP contribution in [0.25, 0.3) is 0 Å². The van der Waals surface area contributed by atoms with E-state index < -0.39 is 11.8 Å². The molecule has 0 heterocycles. The molecule has 110 valence electrons. The lowest BCUT2D eigenvalue weighted by Crippen LogP contribution is -2.08. The Labute approximate surface area is 127 Å². The Morgan fingerprint density at radius 3 is 2.50 bits per heavy atom. The first-order valence-corrected chi connectivity index (χ1v) is 6.39. The van der Waals surface area contributed by atoms with Crippen molar-refractivity contribution in [2.75, 3.05) is 6.61 Å². The van der Waals surface area contributed by atoms with E-state index in [1.54, 1.807) is 36.4 Å². The van der Waals surface area contributed by atoms with Crippen molar-refractivity contribution in [2.24, 2.45) is 0 Å². The number of hydrogen-bond acceptors (Lipinski definition) is 4. The van der Waals surface area contributed by atoms with E-state index in [-0.39, 0.29) is 11.3 Å². The summed E-state index contributed by atoms with van der Waals surface area (Å²) >= 11 is 0. The van der Waals surface area contributed by atoms with E-state index in [1.165, 1.54) is 12.1 Å². The van der Waals surface area contributed by atoms with Gasteiger partial charge in [0, 0.05) is 6.07 Å². The van der Waals surface area contributed by atoms with Crippen LogP contribution in [0, 0.1) is 17.1 Å². The molecule has 0 saturated heterocycles. The van der Waals surface area contributed by atoms with Crippen LogP contribution in [0.4, 0.5) is 4.39 Å². The largest absolute Gasteiger partial charge is 0.490 e. The summed E-state index contributed by atoms with van der Waals surface area (Å²) in [5.41, 5.74) is 0.194. The van der Waals surface area contributed by atoms with E-state index >= 15 is 0 Å². The van der Waals surface area contributed by atoms with Crippen molar-refractivity contribution in [3.05, 3.63) is 72.1 Å². The molecule has 0 aliphatic heterocycles. The summed E-state index contributed by atoms with van der Waals surface area (Å²) < 4.78 is 23.8. The molecule has 0 fully saturated rings. The molecule has 0 atom stereocenters. The van der Waals surface area contributed by atoms with Gasteiger partial charge in [-0.25, -0.2) is 9.18 Å². The molecule has 4 nitrogen and oxygen atoms in total. The standard InChI is InChI=1S/C17H12FNO3/c1-2-9-21-14-6-3-12(4-7-14)17(20)22-15-8-5-13(11-19)16(18)10-15/h2-8,10H,1,9H2. The number of carbonyl (C=O) groups is 1. The molecule has 0 radical (unpaired) electrons. The maximum absolute atomic E-state index is 13.4. The Morgan fingerprint density at radius 1 is 1.23 bits per heavy atom. The van der Waals surface area contributed by atoms with Gasteiger partial charge < -0.3 is 9.47 Å². The van der Waals surface area contributed by atoms with Crippen LogP contribution in [0.2, 0.25) is 0 Å². The van der Waals surface area contributed by atoms with Crippen LogP contribution in [0.5, 0.6) is 11.5 Å². The molecule has 0 aliphatic carbocycles. The Kier molecular flexibility index (Phi) is 4.89. The van der Waals surface area contributed by atoms with Crippen molar-refractivity contribution in [2.45, 2.75) is 0 Å². The number of hydrogen-bond donors (Lipinski definition) is 0. The normalized spacial score (nSPS) is 9.64. The quantitative estimate of drug-likeness (QED) is 0.481. The van der Waals surface area contributed by atoms with Crippen molar-refractivity contribution in [1.82, 2.24) is 0 Å². The van der Waals surface area contributed by atoms with E-state index in [0.29, 0.717) is 17.9 Å². The molecule has 0 unspecified atom stereocenters. The fourth-order valence-corrected chi connectivity index (χ4v) is 1.66. The van der Waals surface area contributed by atoms with Gasteiger partial charge in [0.05, 0.1) is 11.1 Å². The third kappa shape index (κ3) is 3.70. The molecule has 2 rings (SSSR count). The highest BCUT2D eigenvalue weighted by molar-refractivity contribution is 5.91. The summed E-state index contributed by atoms with van der Waals surface area (Å²) in [5.74, 6) is -0.727. The maximum atomic E-state index is 13.4. The summed E-state index contributed by atoms with van der Waals surface area (Å²) in [5, 5.41) is 8.64. The summed E-state index contributed by atoms with van der Waals surface area (Å²) in [7, 11) is 0. The van der Waals surface area contributed by atoms with Crippen molar-refractivity contribution in [1.29, 1.82) is 5.26 Å². The molecule has 0 aliphatic rings. The minimum absolute atomic E-state index is 0.0356. The molecule has 2 aromatic carbocycles. The molecule has 5 heteroatoms. The Bertz CT molecular complexity index is 733. The van der Waals surface area contributed by atoms with Crippen molar-refractivity contribution >= 4 is 5.97 Å². The number of nitriles is 1.